The lowest BCUT2D eigenvalue weighted by Crippen LogP contribution is -2.64. The molecule has 5 aliphatic carbocycles. The van der Waals surface area contributed by atoms with Crippen molar-refractivity contribution in [2.24, 2.45) is 50.2 Å². The molecule has 0 spiro atoms. The van der Waals surface area contributed by atoms with Crippen molar-refractivity contribution in [2.45, 2.75) is 106 Å². The number of benzene rings is 1. The Balaban J connectivity index is 1.36. The molecular formula is C42H51N3O3. The molecule has 7 atom stereocenters. The van der Waals surface area contributed by atoms with Gasteiger partial charge in [-0.05, 0) is 84.5 Å². The molecule has 7 rings (SSSR count). The molecule has 6 heteroatoms. The lowest BCUT2D eigenvalue weighted by Gasteiger charge is -2.66. The molecule has 1 aromatic heterocycles. The summed E-state index contributed by atoms with van der Waals surface area (Å²) in [6.07, 6.45) is 14.7. The van der Waals surface area contributed by atoms with Crippen LogP contribution >= 0.6 is 0 Å². The molecule has 0 saturated heterocycles. The smallest absolute Gasteiger partial charge is 0.238 e. The molecule has 7 unspecified atom stereocenters. The van der Waals surface area contributed by atoms with Crippen LogP contribution in [0.25, 0.3) is 11.3 Å². The number of carbonyl (C=O) groups is 3. The first-order chi connectivity index (χ1) is 22.5. The maximum Gasteiger partial charge on any atom is 0.238 e. The highest BCUT2D eigenvalue weighted by Crippen LogP contribution is 2.73. The van der Waals surface area contributed by atoms with Crippen molar-refractivity contribution in [2.75, 3.05) is 0 Å². The number of aromatic nitrogens is 2. The van der Waals surface area contributed by atoms with E-state index in [0.29, 0.717) is 6.42 Å². The van der Waals surface area contributed by atoms with Crippen LogP contribution in [0.15, 0.2) is 66.2 Å². The van der Waals surface area contributed by atoms with Gasteiger partial charge in [0.2, 0.25) is 5.91 Å². The highest BCUT2D eigenvalue weighted by molar-refractivity contribution is 6.00. The second-order valence-electron chi connectivity index (χ2n) is 18.1. The summed E-state index contributed by atoms with van der Waals surface area (Å²) in [4.78, 5) is 47.9. The summed E-state index contributed by atoms with van der Waals surface area (Å²) in [6, 6.07) is 12.2. The Morgan fingerprint density at radius 3 is 2.38 bits per heavy atom. The minimum Gasteiger partial charge on any atom is -0.295 e. The number of nitriles is 1. The highest BCUT2D eigenvalue weighted by atomic mass is 16.2. The summed E-state index contributed by atoms with van der Waals surface area (Å²) in [5, 5.41) is 10.1. The quantitative estimate of drug-likeness (QED) is 0.325. The van der Waals surface area contributed by atoms with Crippen LogP contribution in [0.5, 0.6) is 0 Å². The van der Waals surface area contributed by atoms with Gasteiger partial charge in [-0.2, -0.15) is 5.26 Å². The number of hydrogen-bond donors (Lipinski definition) is 0. The van der Waals surface area contributed by atoms with Crippen LogP contribution in [0.4, 0.5) is 0 Å². The van der Waals surface area contributed by atoms with Crippen molar-refractivity contribution >= 4 is 17.5 Å². The highest BCUT2D eigenvalue weighted by Gasteiger charge is 2.69. The van der Waals surface area contributed by atoms with Gasteiger partial charge < -0.3 is 0 Å². The van der Waals surface area contributed by atoms with Gasteiger partial charge in [0.25, 0.3) is 0 Å². The number of nitrogens with zero attached hydrogens (tertiary/aromatic N) is 3. The van der Waals surface area contributed by atoms with E-state index in [9.17, 15) is 14.9 Å². The fraction of sp³-hybridized carbons (Fsp3) is 0.595. The van der Waals surface area contributed by atoms with E-state index >= 15 is 4.79 Å². The zero-order valence-electron chi connectivity index (χ0n) is 29.9. The Hall–Kier alpha value is -3.59. The molecule has 1 heterocycles. The van der Waals surface area contributed by atoms with Gasteiger partial charge in [-0.15, -0.1) is 0 Å². The van der Waals surface area contributed by atoms with E-state index in [-0.39, 0.29) is 62.5 Å². The van der Waals surface area contributed by atoms with E-state index in [1.807, 2.05) is 48.7 Å². The molecular weight excluding hydrogens is 594 g/mol. The number of fused-ring (bicyclic) bond motifs is 7. The molecule has 48 heavy (non-hydrogen) atoms. The van der Waals surface area contributed by atoms with Gasteiger partial charge >= 0.3 is 0 Å². The molecule has 2 aromatic rings. The van der Waals surface area contributed by atoms with Gasteiger partial charge in [-0.1, -0.05) is 96.9 Å². The van der Waals surface area contributed by atoms with Crippen molar-refractivity contribution in [3.8, 4) is 17.3 Å². The van der Waals surface area contributed by atoms with Crippen LogP contribution in [0, 0.1) is 61.6 Å². The molecule has 3 saturated carbocycles. The number of allylic oxidation sites excluding steroid dienone is 4. The molecule has 1 aromatic carbocycles. The maximum atomic E-state index is 15.0. The normalized spacial score (nSPS) is 38.4. The standard InChI is InChI=1S/C42H51N3O3/c1-37(2)16-18-42(36(48)45-25-30(44-26-45)27-12-9-8-10-13-27)19-17-41(7)35(29(42)22-37)31(46)20-34-39(5)21-28(24-43)32(47)23-38(3,4)33(39)14-11-15-40(34,41)6/h8-10,12-13,20-21,25-26,29,33,35H,11,14-19,22-23H2,1-7H3. The van der Waals surface area contributed by atoms with Crippen molar-refractivity contribution in [3.63, 3.8) is 0 Å². The molecule has 5 aliphatic rings. The lowest BCUT2D eigenvalue weighted by molar-refractivity contribution is -0.157. The van der Waals surface area contributed by atoms with Gasteiger partial charge in [-0.25, -0.2) is 4.98 Å². The first-order valence-corrected chi connectivity index (χ1v) is 18.1. The van der Waals surface area contributed by atoms with E-state index < -0.39 is 10.8 Å². The first kappa shape index (κ1) is 32.9. The largest absolute Gasteiger partial charge is 0.295 e. The number of ketones is 2. The molecule has 6 nitrogen and oxygen atoms in total. The summed E-state index contributed by atoms with van der Waals surface area (Å²) in [5.74, 6) is -0.153. The van der Waals surface area contributed by atoms with Crippen molar-refractivity contribution in [1.82, 2.24) is 9.55 Å². The van der Waals surface area contributed by atoms with Crippen molar-refractivity contribution in [3.05, 3.63) is 66.2 Å². The molecule has 0 aliphatic heterocycles. The third kappa shape index (κ3) is 4.55. The average Bonchev–Trinajstić information content (AvgIpc) is 3.47. The number of hydrogen-bond acceptors (Lipinski definition) is 5. The van der Waals surface area contributed by atoms with E-state index in [0.717, 1.165) is 68.2 Å². The molecule has 0 bridgehead atoms. The van der Waals surface area contributed by atoms with Crippen LogP contribution in [0.1, 0.15) is 111 Å². The van der Waals surface area contributed by atoms with E-state index in [2.05, 4.69) is 59.5 Å². The van der Waals surface area contributed by atoms with Gasteiger partial charge in [0, 0.05) is 29.5 Å². The Bertz CT molecular complexity index is 1810. The molecule has 252 valence electrons. The third-order valence-electron chi connectivity index (χ3n) is 14.6. The lowest BCUT2D eigenvalue weighted by atomic mass is 9.37. The number of Topliss-reactive ketones (excluding diaryl/α,β-unsaturated/α-hetero) is 1. The fourth-order valence-corrected chi connectivity index (χ4v) is 11.9. The van der Waals surface area contributed by atoms with Crippen molar-refractivity contribution in [1.29, 1.82) is 5.26 Å². The van der Waals surface area contributed by atoms with E-state index in [1.165, 1.54) is 0 Å². The second-order valence-corrected chi connectivity index (χ2v) is 18.1. The second kappa shape index (κ2) is 10.7. The van der Waals surface area contributed by atoms with E-state index in [4.69, 9.17) is 0 Å². The van der Waals surface area contributed by atoms with Crippen LogP contribution in [-0.4, -0.2) is 27.0 Å². The average molecular weight is 646 g/mol. The van der Waals surface area contributed by atoms with Crippen LogP contribution in [0.3, 0.4) is 0 Å². The zero-order chi connectivity index (χ0) is 34.5. The minimum absolute atomic E-state index is 0.0125. The fourth-order valence-electron chi connectivity index (χ4n) is 11.9. The molecule has 0 radical (unpaired) electrons. The van der Waals surface area contributed by atoms with Crippen LogP contribution in [-0.2, 0) is 9.59 Å². The first-order valence-electron chi connectivity index (χ1n) is 18.1. The predicted octanol–water partition coefficient (Wildman–Crippen LogP) is 9.19. The zero-order valence-corrected chi connectivity index (χ0v) is 29.9. The Morgan fingerprint density at radius 1 is 0.958 bits per heavy atom. The third-order valence-corrected chi connectivity index (χ3v) is 14.6. The van der Waals surface area contributed by atoms with Gasteiger partial charge in [0.05, 0.1) is 16.7 Å². The summed E-state index contributed by atoms with van der Waals surface area (Å²) in [5.41, 5.74) is 0.827. The predicted molar refractivity (Wildman–Crippen MR) is 186 cm³/mol. The number of carbonyl (C=O) groups excluding carboxylic acids is 3. The monoisotopic (exact) mass is 645 g/mol. The Labute approximate surface area is 286 Å². The van der Waals surface area contributed by atoms with Crippen molar-refractivity contribution < 1.29 is 14.4 Å². The molecule has 3 fully saturated rings. The van der Waals surface area contributed by atoms with Gasteiger partial charge in [-0.3, -0.25) is 19.0 Å². The van der Waals surface area contributed by atoms with Crippen LogP contribution in [0.2, 0.25) is 0 Å². The van der Waals surface area contributed by atoms with Gasteiger partial charge in [0.1, 0.15) is 12.4 Å². The van der Waals surface area contributed by atoms with E-state index in [1.54, 1.807) is 10.9 Å². The summed E-state index contributed by atoms with van der Waals surface area (Å²) in [7, 11) is 0. The SMILES string of the molecule is CC1(C)CCC2(C(=O)n3cnc(-c4ccccc4)c3)CCC3(C)C(C(=O)C=C4C5(C)C=C(C#N)C(=O)CC(C)(C)C5CCCC43C)C2C1. The van der Waals surface area contributed by atoms with Crippen LogP contribution < -0.4 is 0 Å². The maximum absolute atomic E-state index is 15.0. The molecule has 0 N–H and O–H groups in total. The molecule has 0 amide bonds. The minimum atomic E-state index is -0.645. The summed E-state index contributed by atoms with van der Waals surface area (Å²) >= 11 is 0. The Morgan fingerprint density at radius 2 is 1.67 bits per heavy atom. The summed E-state index contributed by atoms with van der Waals surface area (Å²) < 4.78 is 1.71. The summed E-state index contributed by atoms with van der Waals surface area (Å²) in [6.45, 7) is 15.8. The number of imidazole rings is 1. The number of rotatable bonds is 2. The Kier molecular flexibility index (Phi) is 7.34. The topological polar surface area (TPSA) is 92.8 Å². The van der Waals surface area contributed by atoms with Gasteiger partial charge in [0.15, 0.2) is 11.6 Å².